The molecule has 4 rings (SSSR count). The van der Waals surface area contributed by atoms with Gasteiger partial charge in [0.05, 0.1) is 17.8 Å². The summed E-state index contributed by atoms with van der Waals surface area (Å²) in [6, 6.07) is 8.76. The molecule has 2 fully saturated rings. The molecule has 0 saturated carbocycles. The van der Waals surface area contributed by atoms with Crippen LogP contribution in [0.3, 0.4) is 0 Å². The van der Waals surface area contributed by atoms with Crippen molar-refractivity contribution >= 4 is 17.5 Å². The van der Waals surface area contributed by atoms with Crippen molar-refractivity contribution in [1.82, 2.24) is 20.2 Å². The average Bonchev–Trinajstić information content (AvgIpc) is 3.18. The van der Waals surface area contributed by atoms with E-state index in [0.717, 1.165) is 17.5 Å². The third-order valence-corrected chi connectivity index (χ3v) is 12.1. The van der Waals surface area contributed by atoms with Crippen molar-refractivity contribution in [3.63, 3.8) is 0 Å². The predicted molar refractivity (Wildman–Crippen MR) is 212 cm³/mol. The number of aryl methyl sites for hydroxylation is 1. The summed E-state index contributed by atoms with van der Waals surface area (Å²) in [7, 11) is 5.26. The van der Waals surface area contributed by atoms with E-state index in [4.69, 9.17) is 18.9 Å². The number of ether oxygens (including phenoxy) is 4. The number of rotatable bonds is 11. The molecule has 2 saturated heterocycles. The summed E-state index contributed by atoms with van der Waals surface area (Å²) in [5.74, 6) is -4.19. The number of carbonyl (C=O) groups excluding carboxylic acids is 3. The molecule has 13 atom stereocenters. The van der Waals surface area contributed by atoms with Crippen molar-refractivity contribution in [2.45, 2.75) is 141 Å². The van der Waals surface area contributed by atoms with Crippen LogP contribution in [0.1, 0.15) is 86.6 Å². The molecule has 2 aliphatic heterocycles. The van der Waals surface area contributed by atoms with Gasteiger partial charge in [-0.3, -0.25) is 14.4 Å². The Kier molecular flexibility index (Phi) is 15.9. The zero-order valence-corrected chi connectivity index (χ0v) is 35.2. The lowest BCUT2D eigenvalue weighted by atomic mass is 9.73. The minimum Gasteiger partial charge on any atom is -0.459 e. The van der Waals surface area contributed by atoms with Crippen LogP contribution >= 0.6 is 0 Å². The molecular weight excluding hydrogens is 716 g/mol. The third-order valence-electron chi connectivity index (χ3n) is 12.1. The fraction of sp³-hybridized carbons (Fsp3) is 0.698. The largest absolute Gasteiger partial charge is 0.459 e. The first kappa shape index (κ1) is 45.5. The number of methoxy groups -OCH3 is 1. The Morgan fingerprint density at radius 3 is 2.21 bits per heavy atom. The SMILES string of the molecule is CC[C@H]1OC(=O)[C@H](C)C(=O)[C@H](C)[C@@H](O[C@@H]2O[C@H](C)C[C@H](N(C)C)[C@H]2O)[C@](C)(OC)C[C@@H](C)C(=O)[C@H](C)[C@@H](NCCCc2ccc(-c3ncccn3)cc2)[C@]1(C)O. The van der Waals surface area contributed by atoms with E-state index >= 15 is 0 Å². The maximum absolute atomic E-state index is 14.5. The first-order valence-electron chi connectivity index (χ1n) is 20.2. The van der Waals surface area contributed by atoms with Crippen LogP contribution < -0.4 is 5.32 Å². The molecule has 2 aliphatic rings. The second kappa shape index (κ2) is 19.5. The summed E-state index contributed by atoms with van der Waals surface area (Å²) < 4.78 is 24.9. The minimum absolute atomic E-state index is 0.135. The summed E-state index contributed by atoms with van der Waals surface area (Å²) >= 11 is 0. The topological polar surface area (TPSA) is 170 Å². The predicted octanol–water partition coefficient (Wildman–Crippen LogP) is 4.41. The summed E-state index contributed by atoms with van der Waals surface area (Å²) in [5, 5.41) is 27.1. The van der Waals surface area contributed by atoms with Crippen molar-refractivity contribution < 1.29 is 43.5 Å². The second-order valence-electron chi connectivity index (χ2n) is 16.7. The van der Waals surface area contributed by atoms with E-state index in [0.29, 0.717) is 25.2 Å². The number of hydrogen-bond donors (Lipinski definition) is 3. The van der Waals surface area contributed by atoms with Crippen LogP contribution in [-0.2, 0) is 39.8 Å². The first-order chi connectivity index (χ1) is 26.4. The smallest absolute Gasteiger partial charge is 0.316 e. The van der Waals surface area contributed by atoms with Crippen molar-refractivity contribution in [2.24, 2.45) is 23.7 Å². The number of likely N-dealkylation sites (N-methyl/N-ethyl adjacent to an activating group) is 1. The van der Waals surface area contributed by atoms with Gasteiger partial charge in [0.1, 0.15) is 29.5 Å². The van der Waals surface area contributed by atoms with Gasteiger partial charge in [-0.2, -0.15) is 0 Å². The number of nitrogens with one attached hydrogen (secondary N) is 1. The normalized spacial score (nSPS) is 36.6. The minimum atomic E-state index is -1.68. The first-order valence-corrected chi connectivity index (χ1v) is 20.2. The van der Waals surface area contributed by atoms with Gasteiger partial charge in [0, 0.05) is 54.9 Å². The number of ketones is 2. The van der Waals surface area contributed by atoms with E-state index in [-0.39, 0.29) is 30.8 Å². The van der Waals surface area contributed by atoms with Gasteiger partial charge in [-0.1, -0.05) is 52.0 Å². The standard InChI is InChI=1S/C43H66N4O9/c1-12-33-43(8,52)37(44-20-13-15-30-16-18-31(19-17-30)39-45-21-14-22-46-39)27(4)34(48)25(2)24-42(7,53-11)38(28(5)35(49)29(6)40(51)55-33)56-41-36(50)32(47(9)10)23-26(3)54-41/h14,16-19,21-22,25-29,32-33,36-38,41,44,50,52H,12-13,15,20,23-24H2,1-11H3/t25-,26-,27+,28+,29-,32+,33-,36-,37-,38-,41+,42-,43-/m1/s1. The van der Waals surface area contributed by atoms with Gasteiger partial charge in [-0.15, -0.1) is 0 Å². The molecular formula is C43H66N4O9. The fourth-order valence-electron chi connectivity index (χ4n) is 8.65. The molecule has 13 nitrogen and oxygen atoms in total. The Morgan fingerprint density at radius 1 is 0.982 bits per heavy atom. The maximum Gasteiger partial charge on any atom is 0.316 e. The number of benzene rings is 1. The van der Waals surface area contributed by atoms with E-state index in [1.165, 1.54) is 14.0 Å². The monoisotopic (exact) mass is 782 g/mol. The Bertz CT molecular complexity index is 1590. The molecule has 312 valence electrons. The van der Waals surface area contributed by atoms with Gasteiger partial charge in [-0.25, -0.2) is 9.97 Å². The molecule has 0 bridgehead atoms. The van der Waals surface area contributed by atoms with E-state index < -0.39 is 77.3 Å². The molecule has 3 N–H and O–H groups in total. The van der Waals surface area contributed by atoms with E-state index in [1.54, 1.807) is 53.1 Å². The third kappa shape index (κ3) is 10.5. The zero-order chi connectivity index (χ0) is 41.5. The Hall–Kier alpha value is -3.17. The van der Waals surface area contributed by atoms with E-state index in [2.05, 4.69) is 15.3 Å². The maximum atomic E-state index is 14.5. The zero-order valence-electron chi connectivity index (χ0n) is 35.2. The van der Waals surface area contributed by atoms with Crippen molar-refractivity contribution in [3.05, 3.63) is 48.3 Å². The molecule has 13 heteroatoms. The number of nitrogens with zero attached hydrogens (tertiary/aromatic N) is 3. The number of cyclic esters (lactones) is 1. The number of carbonyl (C=O) groups is 3. The van der Waals surface area contributed by atoms with Gasteiger partial charge in [0.15, 0.2) is 17.9 Å². The Labute approximate surface area is 333 Å². The van der Waals surface area contributed by atoms with Crippen molar-refractivity contribution in [1.29, 1.82) is 0 Å². The van der Waals surface area contributed by atoms with Gasteiger partial charge >= 0.3 is 5.97 Å². The van der Waals surface area contributed by atoms with Gasteiger partial charge < -0.3 is 39.4 Å². The summed E-state index contributed by atoms with van der Waals surface area (Å²) in [4.78, 5) is 53.0. The molecule has 0 aliphatic carbocycles. The summed E-state index contributed by atoms with van der Waals surface area (Å²) in [6.07, 6.45) is 1.40. The van der Waals surface area contributed by atoms with Crippen LogP contribution in [-0.4, -0.2) is 124 Å². The fourth-order valence-corrected chi connectivity index (χ4v) is 8.65. The van der Waals surface area contributed by atoms with Gasteiger partial charge in [-0.05, 0) is 92.1 Å². The number of aromatic nitrogens is 2. The second-order valence-corrected chi connectivity index (χ2v) is 16.7. The van der Waals surface area contributed by atoms with Crippen LogP contribution in [0.4, 0.5) is 0 Å². The Balaban J connectivity index is 1.62. The highest BCUT2D eigenvalue weighted by Crippen LogP contribution is 2.38. The van der Waals surface area contributed by atoms with Crippen LogP contribution in [0.2, 0.25) is 0 Å². The van der Waals surface area contributed by atoms with E-state index in [9.17, 15) is 24.6 Å². The lowest BCUT2D eigenvalue weighted by Crippen LogP contribution is -2.62. The molecule has 0 amide bonds. The summed E-state index contributed by atoms with van der Waals surface area (Å²) in [6.45, 7) is 14.3. The van der Waals surface area contributed by atoms with Crippen LogP contribution in [0.15, 0.2) is 42.7 Å². The average molecular weight is 783 g/mol. The molecule has 3 heterocycles. The number of esters is 1. The molecule has 0 unspecified atom stereocenters. The van der Waals surface area contributed by atoms with Gasteiger partial charge in [0.25, 0.3) is 0 Å². The van der Waals surface area contributed by atoms with Gasteiger partial charge in [0.2, 0.25) is 0 Å². The number of Topliss-reactive ketones (excluding diaryl/α,β-unsaturated/α-hetero) is 2. The van der Waals surface area contributed by atoms with Crippen LogP contribution in [0.5, 0.6) is 0 Å². The van der Waals surface area contributed by atoms with Crippen molar-refractivity contribution in [3.8, 4) is 11.4 Å². The quantitative estimate of drug-likeness (QED) is 0.167. The highest BCUT2D eigenvalue weighted by molar-refractivity contribution is 6.00. The van der Waals surface area contributed by atoms with E-state index in [1.807, 2.05) is 57.1 Å². The van der Waals surface area contributed by atoms with Crippen LogP contribution in [0.25, 0.3) is 11.4 Å². The number of aliphatic hydroxyl groups excluding tert-OH is 1. The number of hydrogen-bond acceptors (Lipinski definition) is 13. The molecule has 0 radical (unpaired) electrons. The van der Waals surface area contributed by atoms with Crippen molar-refractivity contribution in [2.75, 3.05) is 27.7 Å². The van der Waals surface area contributed by atoms with Crippen LogP contribution in [0, 0.1) is 23.7 Å². The highest BCUT2D eigenvalue weighted by Gasteiger charge is 2.52. The summed E-state index contributed by atoms with van der Waals surface area (Å²) in [5.41, 5.74) is -0.887. The lowest BCUT2D eigenvalue weighted by molar-refractivity contribution is -0.295. The lowest BCUT2D eigenvalue weighted by Gasteiger charge is -2.47. The molecule has 56 heavy (non-hydrogen) atoms. The number of aliphatic hydroxyl groups is 2. The highest BCUT2D eigenvalue weighted by atomic mass is 16.7. The Morgan fingerprint density at radius 2 is 1.62 bits per heavy atom. The molecule has 2 aromatic rings. The molecule has 1 aromatic heterocycles. The molecule has 0 spiro atoms. The molecule has 1 aromatic carbocycles.